The number of aliphatic hydroxyl groups is 1. The van der Waals surface area contributed by atoms with E-state index in [-0.39, 0.29) is 12.2 Å². The minimum absolute atomic E-state index is 0.119. The summed E-state index contributed by atoms with van der Waals surface area (Å²) in [4.78, 5) is 3.73. The predicted octanol–water partition coefficient (Wildman–Crippen LogP) is 2.41. The van der Waals surface area contributed by atoms with E-state index in [2.05, 4.69) is 20.9 Å². The summed E-state index contributed by atoms with van der Waals surface area (Å²) < 4.78 is 24.4. The second-order valence-corrected chi connectivity index (χ2v) is 3.03. The Balaban J connectivity index is 3.05. The van der Waals surface area contributed by atoms with Crippen LogP contribution in [0.2, 0.25) is 0 Å². The first kappa shape index (κ1) is 10.5. The maximum Gasteiger partial charge on any atom is 0.265 e. The Morgan fingerprint density at radius 2 is 2.23 bits per heavy atom. The lowest BCUT2D eigenvalue weighted by molar-refractivity contribution is 0.150. The molecule has 0 aromatic carbocycles. The Kier molecular flexibility index (Phi) is 3.74. The number of halogens is 3. The Labute approximate surface area is 82.7 Å². The van der Waals surface area contributed by atoms with Gasteiger partial charge < -0.3 is 5.11 Å². The molecular weight excluding hydrogens is 244 g/mol. The van der Waals surface area contributed by atoms with Crippen molar-refractivity contribution in [1.82, 2.24) is 4.98 Å². The number of rotatable bonds is 3. The summed E-state index contributed by atoms with van der Waals surface area (Å²) in [5, 5.41) is 9.22. The van der Waals surface area contributed by atoms with E-state index in [0.717, 1.165) is 6.20 Å². The van der Waals surface area contributed by atoms with Gasteiger partial charge in [-0.3, -0.25) is 4.98 Å². The summed E-state index contributed by atoms with van der Waals surface area (Å²) in [6, 6.07) is 1.35. The minimum Gasteiger partial charge on any atom is -0.390 e. The molecule has 0 atom stereocenters. The molecule has 2 nitrogen and oxygen atoms in total. The van der Waals surface area contributed by atoms with Gasteiger partial charge in [0.1, 0.15) is 0 Å². The molecule has 5 heteroatoms. The van der Waals surface area contributed by atoms with Crippen LogP contribution in [0.25, 0.3) is 0 Å². The summed E-state index contributed by atoms with van der Waals surface area (Å²) in [6.07, 6.45) is -1.43. The van der Waals surface area contributed by atoms with Gasteiger partial charge in [-0.25, -0.2) is 8.78 Å². The van der Waals surface area contributed by atoms with E-state index in [1.54, 1.807) is 0 Å². The van der Waals surface area contributed by atoms with Crippen molar-refractivity contribution in [1.29, 1.82) is 0 Å². The molecule has 0 spiro atoms. The van der Waals surface area contributed by atoms with Crippen LogP contribution >= 0.6 is 15.9 Å². The second-order valence-electron chi connectivity index (χ2n) is 2.47. The molecule has 72 valence electrons. The topological polar surface area (TPSA) is 33.1 Å². The number of alkyl halides is 3. The van der Waals surface area contributed by atoms with Crippen LogP contribution in [-0.2, 0) is 11.9 Å². The Morgan fingerprint density at radius 3 is 2.69 bits per heavy atom. The van der Waals surface area contributed by atoms with E-state index in [4.69, 9.17) is 5.11 Å². The van der Waals surface area contributed by atoms with Gasteiger partial charge in [-0.1, -0.05) is 15.9 Å². The Hall–Kier alpha value is -0.550. The lowest BCUT2D eigenvalue weighted by Gasteiger charge is -2.05. The number of hydrogen-bond donors (Lipinski definition) is 1. The fraction of sp³-hybridized carbons (Fsp3) is 0.375. The molecule has 1 heterocycles. The van der Waals surface area contributed by atoms with Crippen molar-refractivity contribution in [3.63, 3.8) is 0 Å². The predicted molar refractivity (Wildman–Crippen MR) is 47.7 cm³/mol. The zero-order valence-electron chi connectivity index (χ0n) is 6.67. The first-order chi connectivity index (χ1) is 6.19. The van der Waals surface area contributed by atoms with E-state index in [9.17, 15) is 8.78 Å². The molecule has 13 heavy (non-hydrogen) atoms. The normalized spacial score (nSPS) is 10.8. The SMILES string of the molecule is OCc1ncc(C(F)F)cc1CBr. The highest BCUT2D eigenvalue weighted by Gasteiger charge is 2.10. The van der Waals surface area contributed by atoms with Gasteiger partial charge in [-0.05, 0) is 11.6 Å². The molecule has 1 aromatic heterocycles. The number of nitrogens with zero attached hydrogens (tertiary/aromatic N) is 1. The van der Waals surface area contributed by atoms with Gasteiger partial charge in [0, 0.05) is 17.1 Å². The van der Waals surface area contributed by atoms with Crippen molar-refractivity contribution in [2.75, 3.05) is 0 Å². The molecule has 0 aliphatic rings. The molecule has 0 aliphatic carbocycles. The highest BCUT2D eigenvalue weighted by Crippen LogP contribution is 2.21. The molecule has 0 saturated carbocycles. The molecule has 0 fully saturated rings. The fourth-order valence-electron chi connectivity index (χ4n) is 0.935. The summed E-state index contributed by atoms with van der Waals surface area (Å²) >= 11 is 3.14. The molecule has 0 aliphatic heterocycles. The van der Waals surface area contributed by atoms with Crippen LogP contribution in [0.5, 0.6) is 0 Å². The van der Waals surface area contributed by atoms with Crippen LogP contribution in [0.4, 0.5) is 8.78 Å². The third-order valence-corrected chi connectivity index (χ3v) is 2.23. The van der Waals surface area contributed by atoms with Crippen molar-refractivity contribution in [3.05, 3.63) is 29.1 Å². The largest absolute Gasteiger partial charge is 0.390 e. The molecule has 0 saturated heterocycles. The lowest BCUT2D eigenvalue weighted by Crippen LogP contribution is -1.98. The first-order valence-corrected chi connectivity index (χ1v) is 4.74. The van der Waals surface area contributed by atoms with Gasteiger partial charge in [0.15, 0.2) is 0 Å². The van der Waals surface area contributed by atoms with Gasteiger partial charge >= 0.3 is 0 Å². The number of hydrogen-bond acceptors (Lipinski definition) is 2. The van der Waals surface area contributed by atoms with Crippen molar-refractivity contribution >= 4 is 15.9 Å². The zero-order valence-corrected chi connectivity index (χ0v) is 8.26. The van der Waals surface area contributed by atoms with E-state index >= 15 is 0 Å². The highest BCUT2D eigenvalue weighted by molar-refractivity contribution is 9.08. The average Bonchev–Trinajstić information content (AvgIpc) is 2.16. The van der Waals surface area contributed by atoms with E-state index in [1.807, 2.05) is 0 Å². The van der Waals surface area contributed by atoms with Gasteiger partial charge in [-0.2, -0.15) is 0 Å². The van der Waals surface area contributed by atoms with E-state index in [0.29, 0.717) is 16.6 Å². The van der Waals surface area contributed by atoms with E-state index < -0.39 is 6.43 Å². The minimum atomic E-state index is -2.52. The van der Waals surface area contributed by atoms with Gasteiger partial charge in [0.25, 0.3) is 6.43 Å². The lowest BCUT2D eigenvalue weighted by atomic mass is 10.1. The molecule has 0 radical (unpaired) electrons. The Morgan fingerprint density at radius 1 is 1.54 bits per heavy atom. The quantitative estimate of drug-likeness (QED) is 0.838. The Bertz CT molecular complexity index is 293. The number of pyridine rings is 1. The molecule has 0 bridgehead atoms. The maximum atomic E-state index is 12.2. The smallest absolute Gasteiger partial charge is 0.265 e. The molecule has 1 aromatic rings. The number of aliphatic hydroxyl groups excluding tert-OH is 1. The molecular formula is C8H8BrF2NO. The van der Waals surface area contributed by atoms with Crippen molar-refractivity contribution in [3.8, 4) is 0 Å². The van der Waals surface area contributed by atoms with Crippen LogP contribution in [0.3, 0.4) is 0 Å². The molecule has 1 rings (SSSR count). The summed E-state index contributed by atoms with van der Waals surface area (Å²) in [5.41, 5.74) is 0.910. The number of aromatic nitrogens is 1. The van der Waals surface area contributed by atoms with Gasteiger partial charge in [0.2, 0.25) is 0 Å². The second kappa shape index (κ2) is 4.62. The third-order valence-electron chi connectivity index (χ3n) is 1.63. The first-order valence-electron chi connectivity index (χ1n) is 3.61. The van der Waals surface area contributed by atoms with Crippen molar-refractivity contribution in [2.45, 2.75) is 18.4 Å². The van der Waals surface area contributed by atoms with Crippen molar-refractivity contribution in [2.24, 2.45) is 0 Å². The summed E-state index contributed by atoms with van der Waals surface area (Å²) in [7, 11) is 0. The third kappa shape index (κ3) is 2.45. The summed E-state index contributed by atoms with van der Waals surface area (Å²) in [5.74, 6) is 0. The van der Waals surface area contributed by atoms with Crippen LogP contribution < -0.4 is 0 Å². The zero-order chi connectivity index (χ0) is 9.84. The molecule has 1 N–H and O–H groups in total. The van der Waals surface area contributed by atoms with Crippen LogP contribution in [0, 0.1) is 0 Å². The highest BCUT2D eigenvalue weighted by atomic mass is 79.9. The van der Waals surface area contributed by atoms with E-state index in [1.165, 1.54) is 6.07 Å². The van der Waals surface area contributed by atoms with Crippen LogP contribution in [-0.4, -0.2) is 10.1 Å². The maximum absolute atomic E-state index is 12.2. The van der Waals surface area contributed by atoms with Crippen molar-refractivity contribution < 1.29 is 13.9 Å². The molecule has 0 amide bonds. The van der Waals surface area contributed by atoms with Gasteiger partial charge in [-0.15, -0.1) is 0 Å². The van der Waals surface area contributed by atoms with Crippen LogP contribution in [0.15, 0.2) is 12.3 Å². The fourth-order valence-corrected chi connectivity index (χ4v) is 1.42. The molecule has 0 unspecified atom stereocenters. The van der Waals surface area contributed by atoms with Gasteiger partial charge in [0.05, 0.1) is 12.3 Å². The van der Waals surface area contributed by atoms with Crippen LogP contribution in [0.1, 0.15) is 23.2 Å². The standard InChI is InChI=1S/C8H8BrF2NO/c9-2-5-1-6(8(10)11)3-12-7(5)4-13/h1,3,8,13H,2,4H2. The average molecular weight is 252 g/mol. The summed E-state index contributed by atoms with van der Waals surface area (Å²) in [6.45, 7) is -0.232. The monoisotopic (exact) mass is 251 g/mol.